The third kappa shape index (κ3) is 5.77. The van der Waals surface area contributed by atoms with Crippen LogP contribution in [-0.4, -0.2) is 35.7 Å². The molecule has 0 bridgehead atoms. The molecule has 0 aromatic heterocycles. The molecule has 4 heteroatoms. The highest BCUT2D eigenvalue weighted by Crippen LogP contribution is 2.29. The van der Waals surface area contributed by atoms with Crippen LogP contribution in [0.5, 0.6) is 0 Å². The van der Waals surface area contributed by atoms with E-state index in [1.807, 2.05) is 18.7 Å². The summed E-state index contributed by atoms with van der Waals surface area (Å²) in [5.41, 5.74) is 0. The average molecular weight is 259 g/mol. The van der Waals surface area contributed by atoms with Crippen LogP contribution >= 0.6 is 11.8 Å². The monoisotopic (exact) mass is 259 g/mol. The number of esters is 1. The van der Waals surface area contributed by atoms with Crippen LogP contribution < -0.4 is 5.32 Å². The molecule has 1 rings (SSSR count). The summed E-state index contributed by atoms with van der Waals surface area (Å²) >= 11 is 1.92. The van der Waals surface area contributed by atoms with Crippen molar-refractivity contribution in [1.29, 1.82) is 0 Å². The minimum atomic E-state index is -0.152. The third-order valence-corrected chi connectivity index (χ3v) is 4.38. The standard InChI is InChI=1S/C13H25NO2S/c1-4-16-13(15)12(14-10(2)3)9-17-11-7-5-6-8-11/h10-12,14H,4-9H2,1-3H3. The minimum Gasteiger partial charge on any atom is -0.465 e. The molecule has 0 aliphatic heterocycles. The molecule has 1 atom stereocenters. The summed E-state index contributed by atoms with van der Waals surface area (Å²) in [6, 6.07) is 0.161. The summed E-state index contributed by atoms with van der Waals surface area (Å²) in [6.07, 6.45) is 5.31. The molecule has 0 heterocycles. The molecule has 100 valence electrons. The molecule has 0 amide bonds. The minimum absolute atomic E-state index is 0.105. The molecule has 0 radical (unpaired) electrons. The molecule has 1 aliphatic carbocycles. The Morgan fingerprint density at radius 3 is 2.59 bits per heavy atom. The molecule has 17 heavy (non-hydrogen) atoms. The Morgan fingerprint density at radius 1 is 1.41 bits per heavy atom. The van der Waals surface area contributed by atoms with Gasteiger partial charge in [-0.2, -0.15) is 11.8 Å². The number of hydrogen-bond donors (Lipinski definition) is 1. The van der Waals surface area contributed by atoms with Crippen molar-refractivity contribution < 1.29 is 9.53 Å². The SMILES string of the molecule is CCOC(=O)C(CSC1CCCC1)NC(C)C. The van der Waals surface area contributed by atoms with Crippen LogP contribution in [0, 0.1) is 0 Å². The van der Waals surface area contributed by atoms with Crippen molar-refractivity contribution in [2.45, 2.75) is 63.8 Å². The first-order valence-corrected chi connectivity index (χ1v) is 7.72. The summed E-state index contributed by atoms with van der Waals surface area (Å²) in [5, 5.41) is 4.04. The normalized spacial score (nSPS) is 18.6. The maximum atomic E-state index is 11.8. The van der Waals surface area contributed by atoms with Gasteiger partial charge in [0.05, 0.1) is 6.61 Å². The molecule has 0 saturated heterocycles. The Labute approximate surface area is 109 Å². The molecule has 0 aromatic rings. The molecule has 3 nitrogen and oxygen atoms in total. The molecule has 0 spiro atoms. The number of nitrogens with one attached hydrogen (secondary N) is 1. The van der Waals surface area contributed by atoms with Gasteiger partial charge in [-0.15, -0.1) is 0 Å². The first kappa shape index (κ1) is 14.8. The van der Waals surface area contributed by atoms with Crippen molar-refractivity contribution in [1.82, 2.24) is 5.32 Å². The number of carbonyl (C=O) groups excluding carboxylic acids is 1. The highest BCUT2D eigenvalue weighted by atomic mass is 32.2. The van der Waals surface area contributed by atoms with Gasteiger partial charge in [0.2, 0.25) is 0 Å². The van der Waals surface area contributed by atoms with Crippen molar-refractivity contribution in [2.24, 2.45) is 0 Å². The van der Waals surface area contributed by atoms with Gasteiger partial charge in [0.1, 0.15) is 6.04 Å². The predicted molar refractivity (Wildman–Crippen MR) is 73.4 cm³/mol. The van der Waals surface area contributed by atoms with E-state index >= 15 is 0 Å². The van der Waals surface area contributed by atoms with Gasteiger partial charge < -0.3 is 10.1 Å². The van der Waals surface area contributed by atoms with Gasteiger partial charge >= 0.3 is 5.97 Å². The van der Waals surface area contributed by atoms with Crippen LogP contribution in [0.15, 0.2) is 0 Å². The van der Waals surface area contributed by atoms with Crippen molar-refractivity contribution >= 4 is 17.7 Å². The van der Waals surface area contributed by atoms with E-state index in [0.717, 1.165) is 11.0 Å². The van der Waals surface area contributed by atoms with Crippen molar-refractivity contribution in [3.8, 4) is 0 Å². The fraction of sp³-hybridized carbons (Fsp3) is 0.923. The molecular weight excluding hydrogens is 234 g/mol. The lowest BCUT2D eigenvalue weighted by molar-refractivity contribution is -0.145. The average Bonchev–Trinajstić information content (AvgIpc) is 2.76. The van der Waals surface area contributed by atoms with Crippen LogP contribution in [0.2, 0.25) is 0 Å². The number of ether oxygens (including phenoxy) is 1. The maximum absolute atomic E-state index is 11.8. The van der Waals surface area contributed by atoms with Gasteiger partial charge in [-0.1, -0.05) is 26.7 Å². The van der Waals surface area contributed by atoms with Crippen LogP contribution in [0.1, 0.15) is 46.5 Å². The van der Waals surface area contributed by atoms with Gasteiger partial charge in [0, 0.05) is 17.0 Å². The molecule has 1 unspecified atom stereocenters. The molecule has 0 aromatic carbocycles. The molecule has 1 saturated carbocycles. The molecular formula is C13H25NO2S. The highest BCUT2D eigenvalue weighted by Gasteiger charge is 2.23. The largest absolute Gasteiger partial charge is 0.465 e. The predicted octanol–water partition coefficient (Wildman–Crippen LogP) is 2.59. The molecule has 1 N–H and O–H groups in total. The van der Waals surface area contributed by atoms with Crippen LogP contribution in [0.4, 0.5) is 0 Å². The van der Waals surface area contributed by atoms with Gasteiger partial charge in [-0.3, -0.25) is 4.79 Å². The van der Waals surface area contributed by atoms with Gasteiger partial charge in [-0.25, -0.2) is 0 Å². The van der Waals surface area contributed by atoms with Crippen LogP contribution in [0.3, 0.4) is 0 Å². The topological polar surface area (TPSA) is 38.3 Å². The zero-order valence-electron chi connectivity index (χ0n) is 11.2. The van der Waals surface area contributed by atoms with Crippen LogP contribution in [0.25, 0.3) is 0 Å². The zero-order valence-corrected chi connectivity index (χ0v) is 12.0. The first-order chi connectivity index (χ1) is 8.13. The van der Waals surface area contributed by atoms with E-state index in [1.54, 1.807) is 0 Å². The number of carbonyl (C=O) groups is 1. The van der Waals surface area contributed by atoms with E-state index in [1.165, 1.54) is 25.7 Å². The Kier molecular flexibility index (Phi) is 6.97. The Bertz CT molecular complexity index is 227. The van der Waals surface area contributed by atoms with E-state index in [9.17, 15) is 4.79 Å². The maximum Gasteiger partial charge on any atom is 0.323 e. The van der Waals surface area contributed by atoms with E-state index in [0.29, 0.717) is 12.6 Å². The lowest BCUT2D eigenvalue weighted by Crippen LogP contribution is -2.44. The quantitative estimate of drug-likeness (QED) is 0.713. The summed E-state index contributed by atoms with van der Waals surface area (Å²) in [5.74, 6) is 0.730. The van der Waals surface area contributed by atoms with Gasteiger partial charge in [0.25, 0.3) is 0 Å². The Morgan fingerprint density at radius 2 is 2.06 bits per heavy atom. The van der Waals surface area contributed by atoms with E-state index in [-0.39, 0.29) is 12.0 Å². The first-order valence-electron chi connectivity index (χ1n) is 6.67. The van der Waals surface area contributed by atoms with Crippen molar-refractivity contribution in [2.75, 3.05) is 12.4 Å². The van der Waals surface area contributed by atoms with Crippen molar-refractivity contribution in [3.05, 3.63) is 0 Å². The molecule has 1 fully saturated rings. The zero-order chi connectivity index (χ0) is 12.7. The smallest absolute Gasteiger partial charge is 0.323 e. The fourth-order valence-corrected chi connectivity index (χ4v) is 3.48. The Hall–Kier alpha value is -0.220. The highest BCUT2D eigenvalue weighted by molar-refractivity contribution is 8.00. The molecule has 1 aliphatic rings. The number of thioether (sulfide) groups is 1. The number of rotatable bonds is 7. The summed E-state index contributed by atoms with van der Waals surface area (Å²) < 4.78 is 5.11. The second-order valence-corrected chi connectivity index (χ2v) is 6.20. The lowest BCUT2D eigenvalue weighted by Gasteiger charge is -2.20. The summed E-state index contributed by atoms with van der Waals surface area (Å²) in [7, 11) is 0. The lowest BCUT2D eigenvalue weighted by atomic mass is 10.3. The van der Waals surface area contributed by atoms with E-state index in [4.69, 9.17) is 4.74 Å². The van der Waals surface area contributed by atoms with Gasteiger partial charge in [0.15, 0.2) is 0 Å². The van der Waals surface area contributed by atoms with E-state index in [2.05, 4.69) is 19.2 Å². The Balaban J connectivity index is 2.35. The van der Waals surface area contributed by atoms with Crippen molar-refractivity contribution in [3.63, 3.8) is 0 Å². The van der Waals surface area contributed by atoms with Crippen LogP contribution in [-0.2, 0) is 9.53 Å². The van der Waals surface area contributed by atoms with E-state index < -0.39 is 0 Å². The second kappa shape index (κ2) is 7.98. The fourth-order valence-electron chi connectivity index (χ4n) is 2.12. The second-order valence-electron chi connectivity index (χ2n) is 4.87. The third-order valence-electron chi connectivity index (χ3n) is 2.91. The van der Waals surface area contributed by atoms with Gasteiger partial charge in [-0.05, 0) is 19.8 Å². The number of hydrogen-bond acceptors (Lipinski definition) is 4. The summed E-state index contributed by atoms with van der Waals surface area (Å²) in [4.78, 5) is 11.8. The summed E-state index contributed by atoms with van der Waals surface area (Å²) in [6.45, 7) is 6.44.